The number of piperidine rings is 1. The normalized spacial score (nSPS) is 31.5. The maximum absolute atomic E-state index is 13.0. The van der Waals surface area contributed by atoms with Gasteiger partial charge in [0, 0.05) is 19.1 Å². The molecule has 7 nitrogen and oxygen atoms in total. The molecule has 1 spiro atoms. The van der Waals surface area contributed by atoms with E-state index in [0.717, 1.165) is 49.5 Å². The van der Waals surface area contributed by atoms with Gasteiger partial charge in [0.05, 0.1) is 0 Å². The molecule has 0 atom stereocenters. The summed E-state index contributed by atoms with van der Waals surface area (Å²) < 4.78 is 0. The van der Waals surface area contributed by atoms with E-state index in [1.54, 1.807) is 0 Å². The Labute approximate surface area is 167 Å². The van der Waals surface area contributed by atoms with E-state index in [0.29, 0.717) is 37.9 Å². The molecule has 156 valence electrons. The molecule has 0 bridgehead atoms. The van der Waals surface area contributed by atoms with Crippen LogP contribution in [0, 0.1) is 11.8 Å². The minimum atomic E-state index is -0.761. The summed E-state index contributed by atoms with van der Waals surface area (Å²) in [7, 11) is 0. The first-order valence-electron chi connectivity index (χ1n) is 11.2. The molecular formula is C21H34N4O3. The summed E-state index contributed by atoms with van der Waals surface area (Å²) in [6.45, 7) is 4.56. The molecule has 2 saturated heterocycles. The van der Waals surface area contributed by atoms with E-state index in [-0.39, 0.29) is 18.4 Å². The number of imide groups is 1. The van der Waals surface area contributed by atoms with E-state index < -0.39 is 11.6 Å². The van der Waals surface area contributed by atoms with Gasteiger partial charge in [0.25, 0.3) is 5.91 Å². The lowest BCUT2D eigenvalue weighted by Gasteiger charge is -2.35. The van der Waals surface area contributed by atoms with Crippen LogP contribution in [0.5, 0.6) is 0 Å². The zero-order valence-electron chi connectivity index (χ0n) is 17.0. The van der Waals surface area contributed by atoms with Crippen molar-refractivity contribution < 1.29 is 14.4 Å². The molecule has 0 unspecified atom stereocenters. The van der Waals surface area contributed by atoms with Crippen molar-refractivity contribution in [1.82, 2.24) is 20.4 Å². The maximum atomic E-state index is 13.0. The lowest BCUT2D eigenvalue weighted by molar-refractivity contribution is -0.140. The van der Waals surface area contributed by atoms with Crippen LogP contribution in [0.1, 0.15) is 64.7 Å². The summed E-state index contributed by atoms with van der Waals surface area (Å²) in [5.74, 6) is 1.20. The number of carbonyl (C=O) groups excluding carboxylic acids is 3. The van der Waals surface area contributed by atoms with Gasteiger partial charge >= 0.3 is 6.03 Å². The van der Waals surface area contributed by atoms with Crippen molar-refractivity contribution >= 4 is 17.8 Å². The summed E-state index contributed by atoms with van der Waals surface area (Å²) in [5.41, 5.74) is -0.761. The van der Waals surface area contributed by atoms with Crippen molar-refractivity contribution in [2.24, 2.45) is 11.8 Å². The second-order valence-corrected chi connectivity index (χ2v) is 9.26. The van der Waals surface area contributed by atoms with Gasteiger partial charge in [0.2, 0.25) is 5.91 Å². The first-order chi connectivity index (χ1) is 13.5. The van der Waals surface area contributed by atoms with Gasteiger partial charge in [0.15, 0.2) is 0 Å². The van der Waals surface area contributed by atoms with Crippen LogP contribution in [0.15, 0.2) is 0 Å². The lowest BCUT2D eigenvalue weighted by atomic mass is 9.75. The largest absolute Gasteiger partial charge is 0.341 e. The summed E-state index contributed by atoms with van der Waals surface area (Å²) in [6, 6.07) is 0.0904. The minimum Gasteiger partial charge on any atom is -0.341 e. The fourth-order valence-electron chi connectivity index (χ4n) is 4.96. The Hall–Kier alpha value is -1.63. The van der Waals surface area contributed by atoms with Crippen molar-refractivity contribution in [1.29, 1.82) is 0 Å². The molecule has 7 heteroatoms. The maximum Gasteiger partial charge on any atom is 0.325 e. The molecule has 28 heavy (non-hydrogen) atoms. The van der Waals surface area contributed by atoms with Crippen molar-refractivity contribution in [2.45, 2.75) is 76.3 Å². The highest BCUT2D eigenvalue weighted by Crippen LogP contribution is 2.37. The molecule has 2 N–H and O–H groups in total. The number of urea groups is 1. The van der Waals surface area contributed by atoms with Gasteiger partial charge < -0.3 is 15.5 Å². The average molecular weight is 391 g/mol. The Balaban J connectivity index is 1.27. The van der Waals surface area contributed by atoms with Gasteiger partial charge in [-0.2, -0.15) is 0 Å². The first kappa shape index (κ1) is 19.7. The third-order valence-electron chi connectivity index (χ3n) is 7.32. The highest BCUT2D eigenvalue weighted by molar-refractivity contribution is 6.09. The SMILES string of the molecule is CCC1CCC2(CC1)NC(=O)N(CC(=O)N1CCC(NCC3CC3)CC1)C2=O. The van der Waals surface area contributed by atoms with E-state index in [9.17, 15) is 14.4 Å². The molecule has 4 aliphatic rings. The molecule has 0 aromatic heterocycles. The van der Waals surface area contributed by atoms with E-state index in [2.05, 4.69) is 17.6 Å². The predicted octanol–water partition coefficient (Wildman–Crippen LogP) is 1.87. The summed E-state index contributed by atoms with van der Waals surface area (Å²) in [5, 5.41) is 6.53. The molecule has 0 radical (unpaired) electrons. The van der Waals surface area contributed by atoms with E-state index in [4.69, 9.17) is 0 Å². The van der Waals surface area contributed by atoms with E-state index in [1.165, 1.54) is 12.8 Å². The molecule has 4 fully saturated rings. The van der Waals surface area contributed by atoms with Gasteiger partial charge in [0.1, 0.15) is 12.1 Å². The van der Waals surface area contributed by atoms with E-state index in [1.807, 2.05) is 4.90 Å². The van der Waals surface area contributed by atoms with Gasteiger partial charge in [-0.15, -0.1) is 0 Å². The van der Waals surface area contributed by atoms with Crippen molar-refractivity contribution in [2.75, 3.05) is 26.2 Å². The Morgan fingerprint density at radius 2 is 1.75 bits per heavy atom. The number of amides is 4. The van der Waals surface area contributed by atoms with Crippen LogP contribution in [0.4, 0.5) is 4.79 Å². The van der Waals surface area contributed by atoms with Crippen molar-refractivity contribution in [3.63, 3.8) is 0 Å². The Morgan fingerprint density at radius 3 is 2.36 bits per heavy atom. The zero-order valence-corrected chi connectivity index (χ0v) is 17.0. The van der Waals surface area contributed by atoms with Crippen molar-refractivity contribution in [3.05, 3.63) is 0 Å². The zero-order chi connectivity index (χ0) is 19.7. The van der Waals surface area contributed by atoms with Crippen molar-refractivity contribution in [3.8, 4) is 0 Å². The van der Waals surface area contributed by atoms with Crippen LogP contribution in [0.25, 0.3) is 0 Å². The fourth-order valence-corrected chi connectivity index (χ4v) is 4.96. The fraction of sp³-hybridized carbons (Fsp3) is 0.857. The predicted molar refractivity (Wildman–Crippen MR) is 106 cm³/mol. The van der Waals surface area contributed by atoms with Gasteiger partial charge in [-0.3, -0.25) is 14.5 Å². The molecule has 0 aromatic carbocycles. The molecule has 2 heterocycles. The van der Waals surface area contributed by atoms with Crippen LogP contribution >= 0.6 is 0 Å². The van der Waals surface area contributed by atoms with Crippen LogP contribution in [0.2, 0.25) is 0 Å². The quantitative estimate of drug-likeness (QED) is 0.679. The second kappa shape index (κ2) is 8.01. The number of hydrogen-bond acceptors (Lipinski definition) is 4. The highest BCUT2D eigenvalue weighted by atomic mass is 16.2. The molecule has 2 aliphatic carbocycles. The standard InChI is InChI=1S/C21H34N4O3/c1-2-15-5-9-21(10-6-15)19(27)25(20(28)23-21)14-18(26)24-11-7-17(8-12-24)22-13-16-3-4-16/h15-17,22H,2-14H2,1H3,(H,23,28). The van der Waals surface area contributed by atoms with Gasteiger partial charge in [-0.05, 0) is 69.7 Å². The smallest absolute Gasteiger partial charge is 0.325 e. The number of hydrogen-bond donors (Lipinski definition) is 2. The second-order valence-electron chi connectivity index (χ2n) is 9.26. The third-order valence-corrected chi connectivity index (χ3v) is 7.32. The van der Waals surface area contributed by atoms with Gasteiger partial charge in [-0.1, -0.05) is 13.3 Å². The number of carbonyl (C=O) groups is 3. The molecular weight excluding hydrogens is 356 g/mol. The summed E-state index contributed by atoms with van der Waals surface area (Å²) in [6.07, 6.45) is 9.01. The Bertz CT molecular complexity index is 617. The molecule has 2 aliphatic heterocycles. The topological polar surface area (TPSA) is 81.8 Å². The monoisotopic (exact) mass is 390 g/mol. The molecule has 2 saturated carbocycles. The number of nitrogens with zero attached hydrogens (tertiary/aromatic N) is 2. The molecule has 4 amide bonds. The third kappa shape index (κ3) is 4.04. The average Bonchev–Trinajstić information content (AvgIpc) is 3.51. The highest BCUT2D eigenvalue weighted by Gasteiger charge is 2.52. The number of nitrogens with one attached hydrogen (secondary N) is 2. The summed E-state index contributed by atoms with van der Waals surface area (Å²) in [4.78, 5) is 41.1. The summed E-state index contributed by atoms with van der Waals surface area (Å²) >= 11 is 0. The molecule has 0 aromatic rings. The minimum absolute atomic E-state index is 0.108. The Kier molecular flexibility index (Phi) is 5.63. The van der Waals surface area contributed by atoms with Crippen LogP contribution in [-0.4, -0.2) is 65.4 Å². The lowest BCUT2D eigenvalue weighted by Crippen LogP contribution is -2.51. The number of likely N-dealkylation sites (tertiary alicyclic amines) is 1. The van der Waals surface area contributed by atoms with E-state index >= 15 is 0 Å². The van der Waals surface area contributed by atoms with Gasteiger partial charge in [-0.25, -0.2) is 4.79 Å². The Morgan fingerprint density at radius 1 is 1.07 bits per heavy atom. The van der Waals surface area contributed by atoms with Crippen LogP contribution < -0.4 is 10.6 Å². The first-order valence-corrected chi connectivity index (χ1v) is 11.2. The number of rotatable bonds is 6. The molecule has 4 rings (SSSR count). The van der Waals surface area contributed by atoms with Crippen LogP contribution in [0.3, 0.4) is 0 Å². The van der Waals surface area contributed by atoms with Crippen LogP contribution in [-0.2, 0) is 9.59 Å².